The minimum absolute atomic E-state index is 0.145. The second-order valence-electron chi connectivity index (χ2n) is 5.71. The molecule has 0 bridgehead atoms. The molecule has 1 saturated carbocycles. The van der Waals surface area contributed by atoms with Crippen LogP contribution in [0.15, 0.2) is 39.6 Å². The van der Waals surface area contributed by atoms with Crippen LogP contribution in [0.4, 0.5) is 0 Å². The van der Waals surface area contributed by atoms with Crippen molar-refractivity contribution in [3.05, 3.63) is 46.3 Å². The third kappa shape index (κ3) is 1.77. The molecule has 2 aromatic rings. The topological polar surface area (TPSA) is 39.4 Å². The predicted molar refractivity (Wildman–Crippen MR) is 78.0 cm³/mol. The number of benzene rings is 1. The van der Waals surface area contributed by atoms with E-state index in [2.05, 4.69) is 12.2 Å². The number of ether oxygens (including phenoxy) is 1. The monoisotopic (exact) mass is 268 g/mol. The Labute approximate surface area is 116 Å². The number of rotatable bonds is 0. The van der Waals surface area contributed by atoms with Crippen LogP contribution in [-0.4, -0.2) is 5.60 Å². The molecule has 102 valence electrons. The second kappa shape index (κ2) is 4.23. The van der Waals surface area contributed by atoms with Crippen LogP contribution >= 0.6 is 0 Å². The van der Waals surface area contributed by atoms with E-state index in [0.717, 1.165) is 29.5 Å². The molecule has 20 heavy (non-hydrogen) atoms. The Morgan fingerprint density at radius 1 is 1.00 bits per heavy atom. The fourth-order valence-electron chi connectivity index (χ4n) is 3.29. The molecule has 1 aliphatic heterocycles. The first-order chi connectivity index (χ1) is 9.76. The summed E-state index contributed by atoms with van der Waals surface area (Å²) in [6, 6.07) is 7.18. The highest BCUT2D eigenvalue weighted by atomic mass is 16.5. The molecule has 4 rings (SSSR count). The molecule has 0 amide bonds. The van der Waals surface area contributed by atoms with Gasteiger partial charge in [0.1, 0.15) is 16.9 Å². The largest absolute Gasteiger partial charge is 0.482 e. The molecule has 0 atom stereocenters. The highest BCUT2D eigenvalue weighted by molar-refractivity contribution is 5.89. The zero-order chi connectivity index (χ0) is 13.6. The average molecular weight is 268 g/mol. The van der Waals surface area contributed by atoms with Crippen molar-refractivity contribution in [2.45, 2.75) is 37.7 Å². The highest BCUT2D eigenvalue weighted by Gasteiger charge is 2.34. The highest BCUT2D eigenvalue weighted by Crippen LogP contribution is 2.41. The van der Waals surface area contributed by atoms with Crippen molar-refractivity contribution in [1.29, 1.82) is 0 Å². The molecule has 0 saturated heterocycles. The molecule has 2 aliphatic rings. The Kier molecular flexibility index (Phi) is 2.49. The molecule has 1 aromatic carbocycles. The second-order valence-corrected chi connectivity index (χ2v) is 5.71. The van der Waals surface area contributed by atoms with Crippen molar-refractivity contribution >= 4 is 17.0 Å². The van der Waals surface area contributed by atoms with Gasteiger partial charge in [0.15, 0.2) is 0 Å². The lowest BCUT2D eigenvalue weighted by atomic mass is 9.82. The van der Waals surface area contributed by atoms with Crippen LogP contribution in [0.25, 0.3) is 17.0 Å². The van der Waals surface area contributed by atoms with Crippen LogP contribution < -0.4 is 10.4 Å². The van der Waals surface area contributed by atoms with Gasteiger partial charge in [-0.15, -0.1) is 0 Å². The lowest BCUT2D eigenvalue weighted by Crippen LogP contribution is -2.37. The molecule has 1 fully saturated rings. The summed E-state index contributed by atoms with van der Waals surface area (Å²) in [5.74, 6) is 0.830. The van der Waals surface area contributed by atoms with Crippen molar-refractivity contribution in [1.82, 2.24) is 0 Å². The Balaban J connectivity index is 1.86. The van der Waals surface area contributed by atoms with Crippen molar-refractivity contribution < 1.29 is 9.15 Å². The van der Waals surface area contributed by atoms with Crippen molar-refractivity contribution in [2.24, 2.45) is 0 Å². The third-order valence-corrected chi connectivity index (χ3v) is 4.36. The molecule has 0 radical (unpaired) electrons. The Hall–Kier alpha value is -2.03. The summed E-state index contributed by atoms with van der Waals surface area (Å²) in [7, 11) is 0. The normalized spacial score (nSPS) is 19.8. The molecule has 0 unspecified atom stereocenters. The fourth-order valence-corrected chi connectivity index (χ4v) is 3.29. The van der Waals surface area contributed by atoms with E-state index in [0.29, 0.717) is 5.58 Å². The van der Waals surface area contributed by atoms with Gasteiger partial charge in [-0.05, 0) is 56.0 Å². The van der Waals surface area contributed by atoms with E-state index in [1.165, 1.54) is 25.3 Å². The zero-order valence-corrected chi connectivity index (χ0v) is 11.2. The summed E-state index contributed by atoms with van der Waals surface area (Å²) in [6.07, 6.45) is 10.1. The van der Waals surface area contributed by atoms with E-state index in [-0.39, 0.29) is 11.2 Å². The van der Waals surface area contributed by atoms with Crippen LogP contribution in [0.5, 0.6) is 5.75 Å². The van der Waals surface area contributed by atoms with Gasteiger partial charge in [0.05, 0.1) is 5.56 Å². The summed E-state index contributed by atoms with van der Waals surface area (Å²) in [4.78, 5) is 11.4. The lowest BCUT2D eigenvalue weighted by molar-refractivity contribution is 0.0753. The molecule has 1 aliphatic carbocycles. The molecular weight excluding hydrogens is 252 g/mol. The molecular formula is C17H16O3. The van der Waals surface area contributed by atoms with E-state index >= 15 is 0 Å². The first-order valence-electron chi connectivity index (χ1n) is 7.21. The smallest absolute Gasteiger partial charge is 0.336 e. The molecule has 3 nitrogen and oxygen atoms in total. The Bertz CT molecular complexity index is 748. The van der Waals surface area contributed by atoms with Gasteiger partial charge in [-0.3, -0.25) is 0 Å². The van der Waals surface area contributed by atoms with Crippen molar-refractivity contribution in [3.63, 3.8) is 0 Å². The lowest BCUT2D eigenvalue weighted by Gasteiger charge is -2.37. The van der Waals surface area contributed by atoms with E-state index in [9.17, 15) is 4.79 Å². The summed E-state index contributed by atoms with van der Waals surface area (Å²) in [6.45, 7) is 0. The average Bonchev–Trinajstić information content (AvgIpc) is 2.47. The van der Waals surface area contributed by atoms with Gasteiger partial charge in [0, 0.05) is 11.5 Å². The maximum atomic E-state index is 11.4. The maximum Gasteiger partial charge on any atom is 0.336 e. The van der Waals surface area contributed by atoms with E-state index < -0.39 is 0 Å². The molecule has 3 heteroatoms. The fraction of sp³-hybridized carbons (Fsp3) is 0.353. The predicted octanol–water partition coefficient (Wildman–Crippen LogP) is 3.90. The van der Waals surface area contributed by atoms with Gasteiger partial charge in [-0.25, -0.2) is 4.79 Å². The van der Waals surface area contributed by atoms with Crippen molar-refractivity contribution in [3.8, 4) is 5.75 Å². The van der Waals surface area contributed by atoms with E-state index in [1.807, 2.05) is 12.1 Å². The van der Waals surface area contributed by atoms with Crippen LogP contribution in [0.3, 0.4) is 0 Å². The summed E-state index contributed by atoms with van der Waals surface area (Å²) < 4.78 is 11.6. The molecule has 0 N–H and O–H groups in total. The van der Waals surface area contributed by atoms with Crippen LogP contribution in [0, 0.1) is 0 Å². The number of hydrogen-bond donors (Lipinski definition) is 0. The molecule has 1 spiro atoms. The number of hydrogen-bond acceptors (Lipinski definition) is 3. The zero-order valence-electron chi connectivity index (χ0n) is 11.2. The molecule has 1 aromatic heterocycles. The van der Waals surface area contributed by atoms with Crippen LogP contribution in [0.2, 0.25) is 0 Å². The van der Waals surface area contributed by atoms with Crippen LogP contribution in [0.1, 0.15) is 37.7 Å². The summed E-state index contributed by atoms with van der Waals surface area (Å²) in [5.41, 5.74) is 1.04. The van der Waals surface area contributed by atoms with Gasteiger partial charge in [-0.2, -0.15) is 0 Å². The Morgan fingerprint density at radius 3 is 2.65 bits per heavy atom. The third-order valence-electron chi connectivity index (χ3n) is 4.36. The minimum atomic E-state index is -0.322. The maximum absolute atomic E-state index is 11.4. The van der Waals surface area contributed by atoms with Crippen molar-refractivity contribution in [2.75, 3.05) is 0 Å². The van der Waals surface area contributed by atoms with Gasteiger partial charge >= 0.3 is 5.63 Å². The Morgan fingerprint density at radius 2 is 1.80 bits per heavy atom. The SMILES string of the molecule is O=c1ccc2ccc3c(c2o1)C=CC1(CCCCC1)O3. The van der Waals surface area contributed by atoms with E-state index in [4.69, 9.17) is 9.15 Å². The quantitative estimate of drug-likeness (QED) is 0.680. The summed E-state index contributed by atoms with van der Waals surface area (Å²) in [5, 5.41) is 0.927. The van der Waals surface area contributed by atoms with Gasteiger partial charge in [0.2, 0.25) is 0 Å². The summed E-state index contributed by atoms with van der Waals surface area (Å²) >= 11 is 0. The van der Waals surface area contributed by atoms with E-state index in [1.54, 1.807) is 6.07 Å². The first-order valence-corrected chi connectivity index (χ1v) is 7.21. The molecule has 2 heterocycles. The van der Waals surface area contributed by atoms with Gasteiger partial charge < -0.3 is 9.15 Å². The van der Waals surface area contributed by atoms with Gasteiger partial charge in [-0.1, -0.05) is 6.42 Å². The standard InChI is InChI=1S/C17H16O3/c18-15-7-5-12-4-6-14-13(16(12)19-15)8-11-17(20-14)9-2-1-3-10-17/h4-8,11H,1-3,9-10H2. The first kappa shape index (κ1) is 11.8. The minimum Gasteiger partial charge on any atom is -0.482 e. The van der Waals surface area contributed by atoms with Gasteiger partial charge in [0.25, 0.3) is 0 Å². The number of fused-ring (bicyclic) bond motifs is 3. The van der Waals surface area contributed by atoms with Crippen LogP contribution in [-0.2, 0) is 0 Å².